The van der Waals surface area contributed by atoms with Crippen molar-refractivity contribution in [2.45, 2.75) is 6.18 Å². The maximum atomic E-state index is 11.8. The number of alkyl halides is 3. The minimum Gasteiger partial charge on any atom is -0.869 e. The van der Waals surface area contributed by atoms with Gasteiger partial charge >= 0.3 is 23.2 Å². The smallest absolute Gasteiger partial charge is 0.869 e. The Morgan fingerprint density at radius 3 is 1.68 bits per heavy atom. The number of pyridine rings is 2. The monoisotopic (exact) mass is 520 g/mol. The molecule has 2 heterocycles. The molecule has 0 fully saturated rings. The van der Waals surface area contributed by atoms with Crippen molar-refractivity contribution in [1.82, 2.24) is 9.97 Å². The van der Waals surface area contributed by atoms with Crippen LogP contribution in [0.1, 0.15) is 10.4 Å². The van der Waals surface area contributed by atoms with Gasteiger partial charge in [-0.3, -0.25) is 14.8 Å². The largest absolute Gasteiger partial charge is 2.00 e. The maximum absolute atomic E-state index is 11.8. The summed E-state index contributed by atoms with van der Waals surface area (Å²) in [5, 5.41) is 27.5. The number of benzene rings is 2. The van der Waals surface area contributed by atoms with Crippen LogP contribution < -0.4 is 5.11 Å². The molecule has 0 spiro atoms. The van der Waals surface area contributed by atoms with E-state index >= 15 is 0 Å². The predicted molar refractivity (Wildman–Crippen MR) is 112 cm³/mol. The van der Waals surface area contributed by atoms with Crippen LogP contribution in [0.3, 0.4) is 0 Å². The Morgan fingerprint density at radius 2 is 1.26 bits per heavy atom. The summed E-state index contributed by atoms with van der Waals surface area (Å²) in [6.45, 7) is 0. The maximum Gasteiger partial charge on any atom is 2.00 e. The van der Waals surface area contributed by atoms with Crippen molar-refractivity contribution in [3.8, 4) is 0 Å². The molecule has 0 saturated carbocycles. The second-order valence-electron chi connectivity index (χ2n) is 6.18. The standard InChI is InChI=1S/C12H8N2.C10H7F3O2.Cu.NO3/c1-3-9-5-6-10-4-2-8-14-12(10)11(9)13-7-1;11-10(12,13)9(15)6-8(14)7-4-2-1-3-5-7;;2-1(3)4/h1-8H;1-6,15H;;/q;;+2;-1/p-1/b;9-6-;;. The van der Waals surface area contributed by atoms with Crippen molar-refractivity contribution in [3.63, 3.8) is 0 Å². The fraction of sp³-hybridized carbons (Fsp3) is 0.0455. The van der Waals surface area contributed by atoms with Gasteiger partial charge in [-0.15, -0.1) is 0 Å². The molecule has 4 rings (SSSR count). The molecule has 2 aromatic heterocycles. The third-order valence-electron chi connectivity index (χ3n) is 3.94. The normalized spacial score (nSPS) is 10.7. The van der Waals surface area contributed by atoms with E-state index in [0.717, 1.165) is 21.8 Å². The Labute approximate surface area is 201 Å². The summed E-state index contributed by atoms with van der Waals surface area (Å²) in [7, 11) is 0. The van der Waals surface area contributed by atoms with Crippen LogP contribution in [0.25, 0.3) is 21.8 Å². The zero-order chi connectivity index (χ0) is 24.4. The van der Waals surface area contributed by atoms with E-state index in [2.05, 4.69) is 34.2 Å². The molecule has 0 atom stereocenters. The zero-order valence-electron chi connectivity index (χ0n) is 16.9. The van der Waals surface area contributed by atoms with E-state index in [1.165, 1.54) is 24.3 Å². The van der Waals surface area contributed by atoms with Gasteiger partial charge in [0.25, 0.3) is 0 Å². The number of nitrogens with zero attached hydrogens (tertiary/aromatic N) is 3. The van der Waals surface area contributed by atoms with Crippen molar-refractivity contribution >= 4 is 27.6 Å². The van der Waals surface area contributed by atoms with E-state index in [4.69, 9.17) is 15.3 Å². The zero-order valence-corrected chi connectivity index (χ0v) is 17.8. The first-order valence-electron chi connectivity index (χ1n) is 9.05. The number of hydrogen-bond acceptors (Lipinski definition) is 7. The number of carbonyl (C=O) groups is 1. The summed E-state index contributed by atoms with van der Waals surface area (Å²) in [6, 6.07) is 19.4. The van der Waals surface area contributed by atoms with Gasteiger partial charge in [-0.25, -0.2) is 0 Å². The molecule has 0 N–H and O–H groups in total. The summed E-state index contributed by atoms with van der Waals surface area (Å²) in [5.41, 5.74) is 2.01. The van der Waals surface area contributed by atoms with Gasteiger partial charge in [0.2, 0.25) is 0 Å². The predicted octanol–water partition coefficient (Wildman–Crippen LogP) is 4.22. The first kappa shape index (κ1) is 28.0. The molecule has 1 radical (unpaired) electrons. The van der Waals surface area contributed by atoms with Crippen LogP contribution in [0.5, 0.6) is 0 Å². The van der Waals surface area contributed by atoms with Crippen molar-refractivity contribution in [2.24, 2.45) is 0 Å². The van der Waals surface area contributed by atoms with Crippen LogP contribution in [0, 0.1) is 15.3 Å². The van der Waals surface area contributed by atoms with Crippen molar-refractivity contribution in [3.05, 3.63) is 112 Å². The molecule has 0 bridgehead atoms. The molecule has 2 aromatic carbocycles. The van der Waals surface area contributed by atoms with Crippen molar-refractivity contribution in [1.29, 1.82) is 0 Å². The Kier molecular flexibility index (Phi) is 10.6. The number of carbonyl (C=O) groups excluding carboxylic acids is 1. The van der Waals surface area contributed by atoms with E-state index in [9.17, 15) is 23.1 Å². The molecule has 0 saturated heterocycles. The van der Waals surface area contributed by atoms with Crippen LogP contribution in [0.2, 0.25) is 0 Å². The van der Waals surface area contributed by atoms with Crippen LogP contribution in [0.15, 0.2) is 91.0 Å². The summed E-state index contributed by atoms with van der Waals surface area (Å²) >= 11 is 0. The van der Waals surface area contributed by atoms with Crippen LogP contribution in [-0.2, 0) is 17.1 Å². The molecule has 34 heavy (non-hydrogen) atoms. The number of fused-ring (bicyclic) bond motifs is 3. The minimum atomic E-state index is -5.00. The van der Waals surface area contributed by atoms with Gasteiger partial charge in [0.15, 0.2) is 5.78 Å². The average Bonchev–Trinajstić information content (AvgIpc) is 2.79. The SMILES string of the molecule is O=C(/C=C(\[O-])C(F)(F)F)c1ccccc1.O=[N+]([O-])[O-].[Cu+2].c1cnc2c(c1)ccc1cccnc12. The third kappa shape index (κ3) is 8.49. The molecular weight excluding hydrogens is 507 g/mol. The van der Waals surface area contributed by atoms with E-state index in [1.807, 2.05) is 12.1 Å². The van der Waals surface area contributed by atoms with Crippen LogP contribution in [-0.4, -0.2) is 27.0 Å². The van der Waals surface area contributed by atoms with Gasteiger partial charge in [0, 0.05) is 28.7 Å². The quantitative estimate of drug-likeness (QED) is 0.0735. The summed E-state index contributed by atoms with van der Waals surface area (Å²) in [4.78, 5) is 28.1. The van der Waals surface area contributed by atoms with Gasteiger partial charge < -0.3 is 20.4 Å². The molecule has 179 valence electrons. The topological polar surface area (TPSA) is 132 Å². The molecule has 12 heteroatoms. The summed E-state index contributed by atoms with van der Waals surface area (Å²) in [5.74, 6) is -3.09. The Hall–Kier alpha value is -4.02. The average molecular weight is 521 g/mol. The number of aromatic nitrogens is 2. The Balaban J connectivity index is 0.000000287. The number of halogens is 3. The number of allylic oxidation sites excluding steroid dienone is 2. The second kappa shape index (κ2) is 12.9. The van der Waals surface area contributed by atoms with E-state index in [-0.39, 0.29) is 28.7 Å². The summed E-state index contributed by atoms with van der Waals surface area (Å²) in [6.07, 6.45) is -1.34. The van der Waals surface area contributed by atoms with Crippen LogP contribution in [0.4, 0.5) is 13.2 Å². The van der Waals surface area contributed by atoms with Gasteiger partial charge in [-0.1, -0.05) is 54.6 Å². The van der Waals surface area contributed by atoms with Gasteiger partial charge in [-0.05, 0) is 24.0 Å². The molecule has 0 aliphatic carbocycles. The van der Waals surface area contributed by atoms with Gasteiger partial charge in [-0.2, -0.15) is 13.2 Å². The molecule has 8 nitrogen and oxygen atoms in total. The van der Waals surface area contributed by atoms with Crippen molar-refractivity contribution < 1.29 is 45.2 Å². The van der Waals surface area contributed by atoms with Gasteiger partial charge in [0.1, 0.15) is 0 Å². The van der Waals surface area contributed by atoms with E-state index < -0.39 is 22.8 Å². The first-order chi connectivity index (χ1) is 15.6. The minimum absolute atomic E-state index is 0. The number of ketones is 1. The van der Waals surface area contributed by atoms with Crippen LogP contribution >= 0.6 is 0 Å². The molecular formula is C22H14CuF3N3O5. The molecule has 0 aliphatic heterocycles. The van der Waals surface area contributed by atoms with E-state index in [0.29, 0.717) is 0 Å². The fourth-order valence-electron chi connectivity index (χ4n) is 2.57. The van der Waals surface area contributed by atoms with Crippen molar-refractivity contribution in [2.75, 3.05) is 0 Å². The fourth-order valence-corrected chi connectivity index (χ4v) is 2.57. The molecule has 0 amide bonds. The van der Waals surface area contributed by atoms with E-state index in [1.54, 1.807) is 18.5 Å². The molecule has 0 aliphatic rings. The first-order valence-corrected chi connectivity index (χ1v) is 9.05. The summed E-state index contributed by atoms with van der Waals surface area (Å²) < 4.78 is 35.4. The van der Waals surface area contributed by atoms with Gasteiger partial charge in [0.05, 0.1) is 16.1 Å². The molecule has 0 unspecified atom stereocenters. The Morgan fingerprint density at radius 1 is 0.824 bits per heavy atom. The Bertz CT molecular complexity index is 1230. The second-order valence-corrected chi connectivity index (χ2v) is 6.18. The molecule has 4 aromatic rings. The third-order valence-corrected chi connectivity index (χ3v) is 3.94. The number of rotatable bonds is 2. The number of hydrogen-bond donors (Lipinski definition) is 0.